The van der Waals surface area contributed by atoms with Gasteiger partial charge in [-0.25, -0.2) is 0 Å². The fourth-order valence-electron chi connectivity index (χ4n) is 2.46. The molecule has 10 heteroatoms. The maximum Gasteiger partial charge on any atom is 0.431 e. The van der Waals surface area contributed by atoms with Gasteiger partial charge in [0.15, 0.2) is 5.16 Å². The van der Waals surface area contributed by atoms with E-state index < -0.39 is 28.8 Å². The minimum atomic E-state index is -5.31. The van der Waals surface area contributed by atoms with Crippen molar-refractivity contribution in [2.75, 3.05) is 5.32 Å². The summed E-state index contributed by atoms with van der Waals surface area (Å²) in [5.74, 6) is -2.01. The summed E-state index contributed by atoms with van der Waals surface area (Å²) in [5.41, 5.74) is -6.16. The highest BCUT2D eigenvalue weighted by Crippen LogP contribution is 2.48. The lowest BCUT2D eigenvalue weighted by molar-refractivity contribution is -0.252. The Morgan fingerprint density at radius 3 is 2.57 bits per heavy atom. The highest BCUT2D eigenvalue weighted by Gasteiger charge is 2.67. The molecule has 2 aliphatic rings. The number of amides is 1. The van der Waals surface area contributed by atoms with Crippen LogP contribution < -0.4 is 10.9 Å². The van der Waals surface area contributed by atoms with E-state index in [9.17, 15) is 27.9 Å². The molecule has 3 heterocycles. The summed E-state index contributed by atoms with van der Waals surface area (Å²) in [6.45, 7) is 3.92. The van der Waals surface area contributed by atoms with Crippen LogP contribution in [0, 0.1) is 0 Å². The number of fused-ring (bicyclic) bond motifs is 3. The second-order valence-corrected chi connectivity index (χ2v) is 7.21. The SMILES string of the molecule is CC1(C)Cn2c(nc(=O)c3c2NC(=O)[C@@]3(O)C(F)(F)F)S1. The molecule has 0 saturated heterocycles. The summed E-state index contributed by atoms with van der Waals surface area (Å²) >= 11 is 1.22. The number of carbonyl (C=O) groups is 1. The largest absolute Gasteiger partial charge is 0.431 e. The lowest BCUT2D eigenvalue weighted by Crippen LogP contribution is -2.50. The first-order valence-electron chi connectivity index (χ1n) is 5.92. The van der Waals surface area contributed by atoms with Gasteiger partial charge in [-0.3, -0.25) is 9.59 Å². The average molecular weight is 321 g/mol. The van der Waals surface area contributed by atoms with Crippen LogP contribution in [0.3, 0.4) is 0 Å². The zero-order valence-corrected chi connectivity index (χ0v) is 11.7. The summed E-state index contributed by atoms with van der Waals surface area (Å²) < 4.78 is 40.1. The molecule has 0 unspecified atom stereocenters. The van der Waals surface area contributed by atoms with E-state index in [1.807, 2.05) is 19.2 Å². The van der Waals surface area contributed by atoms with Gasteiger partial charge < -0.3 is 15.0 Å². The van der Waals surface area contributed by atoms with Crippen LogP contribution in [0.1, 0.15) is 19.4 Å². The molecule has 0 radical (unpaired) electrons. The van der Waals surface area contributed by atoms with Gasteiger partial charge in [0.25, 0.3) is 17.1 Å². The molecule has 0 saturated carbocycles. The van der Waals surface area contributed by atoms with Gasteiger partial charge in [-0.1, -0.05) is 11.8 Å². The van der Waals surface area contributed by atoms with E-state index in [1.165, 1.54) is 16.3 Å². The highest BCUT2D eigenvalue weighted by atomic mass is 32.2. The Labute approximate surface area is 120 Å². The third kappa shape index (κ3) is 1.75. The monoisotopic (exact) mass is 321 g/mol. The number of aliphatic hydroxyl groups is 1. The fourth-order valence-corrected chi connectivity index (χ4v) is 3.54. The van der Waals surface area contributed by atoms with Crippen molar-refractivity contribution in [2.45, 2.75) is 42.1 Å². The van der Waals surface area contributed by atoms with Gasteiger partial charge in [0.05, 0.1) is 0 Å². The van der Waals surface area contributed by atoms with Crippen molar-refractivity contribution >= 4 is 23.5 Å². The highest BCUT2D eigenvalue weighted by molar-refractivity contribution is 8.00. The van der Waals surface area contributed by atoms with Crippen molar-refractivity contribution in [3.63, 3.8) is 0 Å². The number of carbonyl (C=O) groups excluding carboxylic acids is 1. The van der Waals surface area contributed by atoms with Gasteiger partial charge in [0.2, 0.25) is 0 Å². The first-order valence-corrected chi connectivity index (χ1v) is 6.74. The Morgan fingerprint density at radius 1 is 1.38 bits per heavy atom. The second kappa shape index (κ2) is 3.80. The van der Waals surface area contributed by atoms with Crippen LogP contribution in [0.15, 0.2) is 9.95 Å². The standard InChI is InChI=1S/C11H10F3N3O3S/c1-9(2)3-17-5-4(6(18)16-8(17)21-9)10(20,7(19)15-5)11(12,13)14/h20H,3H2,1-2H3,(H,15,19)/t10-/m1/s1. The van der Waals surface area contributed by atoms with E-state index in [-0.39, 0.29) is 22.3 Å². The van der Waals surface area contributed by atoms with E-state index in [2.05, 4.69) is 4.98 Å². The molecule has 1 aromatic heterocycles. The number of anilines is 1. The first kappa shape index (κ1) is 14.4. The smallest absolute Gasteiger partial charge is 0.368 e. The number of alkyl halides is 3. The normalized spacial score (nSPS) is 26.5. The Kier molecular flexibility index (Phi) is 2.60. The first-order chi connectivity index (χ1) is 9.47. The third-order valence-electron chi connectivity index (χ3n) is 3.39. The second-order valence-electron chi connectivity index (χ2n) is 5.53. The van der Waals surface area contributed by atoms with Crippen LogP contribution in [-0.2, 0) is 16.9 Å². The summed E-state index contributed by atoms with van der Waals surface area (Å²) in [4.78, 5) is 27.1. The van der Waals surface area contributed by atoms with Crippen LogP contribution in [0.5, 0.6) is 0 Å². The summed E-state index contributed by atoms with van der Waals surface area (Å²) in [6.07, 6.45) is -5.31. The topological polar surface area (TPSA) is 84.2 Å². The predicted molar refractivity (Wildman–Crippen MR) is 67.0 cm³/mol. The van der Waals surface area contributed by atoms with E-state index in [4.69, 9.17) is 0 Å². The quantitative estimate of drug-likeness (QED) is 0.692. The molecule has 2 aliphatic heterocycles. The molecule has 0 bridgehead atoms. The summed E-state index contributed by atoms with van der Waals surface area (Å²) in [7, 11) is 0. The average Bonchev–Trinajstić information content (AvgIpc) is 2.74. The van der Waals surface area contributed by atoms with E-state index in [0.717, 1.165) is 0 Å². The van der Waals surface area contributed by atoms with Crippen LogP contribution >= 0.6 is 11.8 Å². The lowest BCUT2D eigenvalue weighted by Gasteiger charge is -2.22. The number of nitrogens with one attached hydrogen (secondary N) is 1. The molecule has 21 heavy (non-hydrogen) atoms. The third-order valence-corrected chi connectivity index (χ3v) is 4.56. The van der Waals surface area contributed by atoms with Crippen molar-refractivity contribution in [3.8, 4) is 0 Å². The van der Waals surface area contributed by atoms with E-state index in [1.54, 1.807) is 0 Å². The number of hydrogen-bond donors (Lipinski definition) is 2. The van der Waals surface area contributed by atoms with Crippen molar-refractivity contribution in [2.24, 2.45) is 0 Å². The van der Waals surface area contributed by atoms with Crippen LogP contribution in [0.25, 0.3) is 0 Å². The zero-order chi connectivity index (χ0) is 15.8. The molecule has 1 amide bonds. The van der Waals surface area contributed by atoms with Gasteiger partial charge in [0.1, 0.15) is 11.4 Å². The number of rotatable bonds is 0. The minimum Gasteiger partial charge on any atom is -0.368 e. The number of nitrogens with zero attached hydrogens (tertiary/aromatic N) is 2. The minimum absolute atomic E-state index is 0.218. The number of hydrogen-bond acceptors (Lipinski definition) is 5. The lowest BCUT2D eigenvalue weighted by atomic mass is 9.97. The van der Waals surface area contributed by atoms with Crippen molar-refractivity contribution in [3.05, 3.63) is 15.9 Å². The Hall–Kier alpha value is -1.55. The zero-order valence-electron chi connectivity index (χ0n) is 10.9. The Morgan fingerprint density at radius 2 is 2.00 bits per heavy atom. The molecule has 0 aromatic carbocycles. The Balaban J connectivity index is 2.31. The number of halogens is 3. The number of aromatic nitrogens is 2. The van der Waals surface area contributed by atoms with Crippen LogP contribution in [0.2, 0.25) is 0 Å². The van der Waals surface area contributed by atoms with Crippen molar-refractivity contribution in [1.29, 1.82) is 0 Å². The number of thioether (sulfide) groups is 1. The molecule has 0 aliphatic carbocycles. The molecule has 1 aromatic rings. The Bertz CT molecular complexity index is 728. The van der Waals surface area contributed by atoms with Crippen LogP contribution in [-0.4, -0.2) is 31.5 Å². The molecule has 1 atom stereocenters. The van der Waals surface area contributed by atoms with Crippen molar-refractivity contribution in [1.82, 2.24) is 9.55 Å². The van der Waals surface area contributed by atoms with Gasteiger partial charge in [-0.2, -0.15) is 18.2 Å². The molecular formula is C11H10F3N3O3S. The van der Waals surface area contributed by atoms with Gasteiger partial charge in [-0.05, 0) is 13.8 Å². The fraction of sp³-hybridized carbons (Fsp3) is 0.545. The predicted octanol–water partition coefficient (Wildman–Crippen LogP) is 0.830. The molecule has 0 spiro atoms. The molecule has 0 fully saturated rings. The maximum atomic E-state index is 13.1. The molecule has 3 rings (SSSR count). The molecule has 2 N–H and O–H groups in total. The maximum absolute atomic E-state index is 13.1. The van der Waals surface area contributed by atoms with Gasteiger partial charge in [0, 0.05) is 11.3 Å². The van der Waals surface area contributed by atoms with E-state index in [0.29, 0.717) is 0 Å². The van der Waals surface area contributed by atoms with Gasteiger partial charge in [-0.15, -0.1) is 0 Å². The summed E-state index contributed by atoms with van der Waals surface area (Å²) in [5, 5.41) is 12.0. The molecule has 6 nitrogen and oxygen atoms in total. The molecular weight excluding hydrogens is 311 g/mol. The van der Waals surface area contributed by atoms with E-state index >= 15 is 0 Å². The van der Waals surface area contributed by atoms with Crippen molar-refractivity contribution < 1.29 is 23.1 Å². The molecule has 114 valence electrons. The van der Waals surface area contributed by atoms with Gasteiger partial charge >= 0.3 is 6.18 Å². The summed E-state index contributed by atoms with van der Waals surface area (Å²) in [6, 6.07) is 0. The van der Waals surface area contributed by atoms with Crippen LogP contribution in [0.4, 0.5) is 19.0 Å².